The molecule has 0 aliphatic heterocycles. The number of hydrogen-bond donors (Lipinski definition) is 2. The van der Waals surface area contributed by atoms with Crippen molar-refractivity contribution in [3.8, 4) is 0 Å². The molecule has 17 heavy (non-hydrogen) atoms. The van der Waals surface area contributed by atoms with Crippen LogP contribution in [0.5, 0.6) is 0 Å². The molecule has 0 aliphatic rings. The second-order valence-electron chi connectivity index (χ2n) is 4.70. The molecule has 0 aliphatic carbocycles. The van der Waals surface area contributed by atoms with Gasteiger partial charge in [0.1, 0.15) is 0 Å². The van der Waals surface area contributed by atoms with Gasteiger partial charge in [-0.2, -0.15) is 8.42 Å². The molecule has 0 fully saturated rings. The first-order valence-corrected chi connectivity index (χ1v) is 6.44. The lowest BCUT2D eigenvalue weighted by molar-refractivity contribution is 0.0919. The first kappa shape index (κ1) is 13.7. The van der Waals surface area contributed by atoms with E-state index in [1.165, 1.54) is 24.3 Å². The van der Waals surface area contributed by atoms with Crippen molar-refractivity contribution < 1.29 is 17.8 Å². The Bertz CT molecular complexity index is 511. The number of nitrogens with one attached hydrogen (secondary N) is 1. The molecule has 0 heterocycles. The molecule has 1 rings (SSSR count). The van der Waals surface area contributed by atoms with E-state index in [4.69, 9.17) is 4.55 Å². The summed E-state index contributed by atoms with van der Waals surface area (Å²) in [5.41, 5.74) is -0.0222. The molecule has 1 aromatic rings. The maximum absolute atomic E-state index is 11.7. The SMILES string of the molecule is CC(C)(C)NC(=O)c1ccc(S(=O)(=O)O)cc1. The standard InChI is InChI=1S/C11H15NO4S/c1-11(2,3)12-10(13)8-4-6-9(7-5-8)17(14,15)16/h4-7H,1-3H3,(H,12,13)(H,14,15,16). The van der Waals surface area contributed by atoms with Gasteiger partial charge in [0, 0.05) is 11.1 Å². The van der Waals surface area contributed by atoms with Crippen LogP contribution in [0.4, 0.5) is 0 Å². The van der Waals surface area contributed by atoms with Crippen molar-refractivity contribution in [1.82, 2.24) is 5.32 Å². The van der Waals surface area contributed by atoms with Crippen LogP contribution in [0.1, 0.15) is 31.1 Å². The molecule has 0 spiro atoms. The van der Waals surface area contributed by atoms with Crippen molar-refractivity contribution in [1.29, 1.82) is 0 Å². The highest BCUT2D eigenvalue weighted by atomic mass is 32.2. The zero-order valence-electron chi connectivity index (χ0n) is 9.89. The molecule has 0 unspecified atom stereocenters. The third kappa shape index (κ3) is 4.16. The number of benzene rings is 1. The summed E-state index contributed by atoms with van der Waals surface area (Å²) < 4.78 is 30.4. The molecule has 94 valence electrons. The van der Waals surface area contributed by atoms with E-state index >= 15 is 0 Å². The monoisotopic (exact) mass is 257 g/mol. The molecule has 0 saturated heterocycles. The third-order valence-electron chi connectivity index (χ3n) is 1.90. The topological polar surface area (TPSA) is 83.5 Å². The van der Waals surface area contributed by atoms with Gasteiger partial charge in [-0.05, 0) is 45.0 Å². The zero-order valence-corrected chi connectivity index (χ0v) is 10.7. The number of hydrogen-bond acceptors (Lipinski definition) is 3. The van der Waals surface area contributed by atoms with Gasteiger partial charge in [-0.25, -0.2) is 0 Å². The highest BCUT2D eigenvalue weighted by Gasteiger charge is 2.16. The Balaban J connectivity index is 2.93. The van der Waals surface area contributed by atoms with E-state index in [1.807, 2.05) is 20.8 Å². The second-order valence-corrected chi connectivity index (χ2v) is 6.13. The first-order valence-electron chi connectivity index (χ1n) is 5.00. The van der Waals surface area contributed by atoms with Crippen LogP contribution in [-0.2, 0) is 10.1 Å². The highest BCUT2D eigenvalue weighted by Crippen LogP contribution is 2.11. The fourth-order valence-electron chi connectivity index (χ4n) is 1.19. The summed E-state index contributed by atoms with van der Waals surface area (Å²) in [5.74, 6) is -0.292. The minimum atomic E-state index is -4.21. The van der Waals surface area contributed by atoms with E-state index in [0.717, 1.165) is 0 Å². The molecular formula is C11H15NO4S. The Labute approximate surface area is 101 Å². The van der Waals surface area contributed by atoms with Crippen molar-refractivity contribution in [2.24, 2.45) is 0 Å². The fourth-order valence-corrected chi connectivity index (χ4v) is 1.67. The van der Waals surface area contributed by atoms with Crippen LogP contribution in [0, 0.1) is 0 Å². The Hall–Kier alpha value is -1.40. The van der Waals surface area contributed by atoms with E-state index in [2.05, 4.69) is 5.32 Å². The van der Waals surface area contributed by atoms with Gasteiger partial charge >= 0.3 is 0 Å². The molecule has 2 N–H and O–H groups in total. The summed E-state index contributed by atoms with van der Waals surface area (Å²) in [6, 6.07) is 5.08. The van der Waals surface area contributed by atoms with Gasteiger partial charge in [-0.1, -0.05) is 0 Å². The molecule has 0 aromatic heterocycles. The summed E-state index contributed by atoms with van der Waals surface area (Å²) in [7, 11) is -4.21. The quantitative estimate of drug-likeness (QED) is 0.786. The molecule has 1 amide bonds. The van der Waals surface area contributed by atoms with Crippen molar-refractivity contribution in [2.75, 3.05) is 0 Å². The number of amides is 1. The largest absolute Gasteiger partial charge is 0.347 e. The number of rotatable bonds is 2. The summed E-state index contributed by atoms with van der Waals surface area (Å²) in [5, 5.41) is 2.74. The Kier molecular flexibility index (Phi) is 3.59. The van der Waals surface area contributed by atoms with Crippen LogP contribution in [0.3, 0.4) is 0 Å². The van der Waals surface area contributed by atoms with E-state index in [-0.39, 0.29) is 16.3 Å². The number of carbonyl (C=O) groups excluding carboxylic acids is 1. The van der Waals surface area contributed by atoms with Gasteiger partial charge in [0.15, 0.2) is 0 Å². The average Bonchev–Trinajstić information content (AvgIpc) is 2.14. The lowest BCUT2D eigenvalue weighted by Gasteiger charge is -2.20. The van der Waals surface area contributed by atoms with E-state index < -0.39 is 10.1 Å². The molecular weight excluding hydrogens is 242 g/mol. The Morgan fingerprint density at radius 1 is 1.18 bits per heavy atom. The highest BCUT2D eigenvalue weighted by molar-refractivity contribution is 7.85. The van der Waals surface area contributed by atoms with Gasteiger partial charge in [0.05, 0.1) is 4.90 Å². The minimum absolute atomic E-state index is 0.232. The molecule has 1 aromatic carbocycles. The van der Waals surface area contributed by atoms with Crippen molar-refractivity contribution >= 4 is 16.0 Å². The van der Waals surface area contributed by atoms with E-state index in [1.54, 1.807) is 0 Å². The Morgan fingerprint density at radius 3 is 2.00 bits per heavy atom. The van der Waals surface area contributed by atoms with E-state index in [0.29, 0.717) is 5.56 Å². The zero-order chi connectivity index (χ0) is 13.3. The van der Waals surface area contributed by atoms with Gasteiger partial charge in [0.25, 0.3) is 16.0 Å². The summed E-state index contributed by atoms with van der Waals surface area (Å²) >= 11 is 0. The fraction of sp³-hybridized carbons (Fsp3) is 0.364. The predicted octanol–water partition coefficient (Wildman–Crippen LogP) is 1.46. The van der Waals surface area contributed by atoms with Crippen molar-refractivity contribution in [3.63, 3.8) is 0 Å². The van der Waals surface area contributed by atoms with Crippen LogP contribution in [0.15, 0.2) is 29.2 Å². The van der Waals surface area contributed by atoms with Gasteiger partial charge in [-0.3, -0.25) is 9.35 Å². The van der Waals surface area contributed by atoms with Crippen molar-refractivity contribution in [2.45, 2.75) is 31.2 Å². The summed E-state index contributed by atoms with van der Waals surface area (Å²) in [6.45, 7) is 5.53. The molecule has 6 heteroatoms. The normalized spacial score (nSPS) is 12.2. The maximum Gasteiger partial charge on any atom is 0.294 e. The molecule has 0 bridgehead atoms. The van der Waals surface area contributed by atoms with Crippen LogP contribution in [0.25, 0.3) is 0 Å². The van der Waals surface area contributed by atoms with Gasteiger partial charge in [0.2, 0.25) is 0 Å². The average molecular weight is 257 g/mol. The predicted molar refractivity (Wildman–Crippen MR) is 63.5 cm³/mol. The van der Waals surface area contributed by atoms with Crippen LogP contribution >= 0.6 is 0 Å². The summed E-state index contributed by atoms with van der Waals surface area (Å²) in [6.07, 6.45) is 0. The smallest absolute Gasteiger partial charge is 0.294 e. The molecule has 0 radical (unpaired) electrons. The summed E-state index contributed by atoms with van der Waals surface area (Å²) in [4.78, 5) is 11.5. The Morgan fingerprint density at radius 2 is 1.65 bits per heavy atom. The van der Waals surface area contributed by atoms with Crippen LogP contribution in [0.2, 0.25) is 0 Å². The van der Waals surface area contributed by atoms with Gasteiger partial charge in [-0.15, -0.1) is 0 Å². The van der Waals surface area contributed by atoms with E-state index in [9.17, 15) is 13.2 Å². The third-order valence-corrected chi connectivity index (χ3v) is 2.77. The van der Waals surface area contributed by atoms with Crippen LogP contribution in [-0.4, -0.2) is 24.4 Å². The van der Waals surface area contributed by atoms with Crippen LogP contribution < -0.4 is 5.32 Å². The van der Waals surface area contributed by atoms with Gasteiger partial charge < -0.3 is 5.32 Å². The second kappa shape index (κ2) is 4.46. The minimum Gasteiger partial charge on any atom is -0.347 e. The lowest BCUT2D eigenvalue weighted by Crippen LogP contribution is -2.40. The lowest BCUT2D eigenvalue weighted by atomic mass is 10.1. The van der Waals surface area contributed by atoms with Crippen molar-refractivity contribution in [3.05, 3.63) is 29.8 Å². The first-order chi connectivity index (χ1) is 7.59. The maximum atomic E-state index is 11.7. The molecule has 0 saturated carbocycles. The molecule has 0 atom stereocenters. The molecule has 5 nitrogen and oxygen atoms in total. The number of carbonyl (C=O) groups is 1.